The van der Waals surface area contributed by atoms with E-state index in [4.69, 9.17) is 4.74 Å². The summed E-state index contributed by atoms with van der Waals surface area (Å²) in [5, 5.41) is 10.6. The zero-order valence-corrected chi connectivity index (χ0v) is 11.8. The highest BCUT2D eigenvalue weighted by molar-refractivity contribution is 5.62. The maximum atomic E-state index is 10.6. The molecular weight excluding hydrogens is 248 g/mol. The Morgan fingerprint density at radius 1 is 1.05 bits per heavy atom. The molecule has 0 spiro atoms. The topological polar surface area (TPSA) is 29.5 Å². The van der Waals surface area contributed by atoms with Gasteiger partial charge in [-0.2, -0.15) is 0 Å². The van der Waals surface area contributed by atoms with Crippen LogP contribution in [-0.2, 0) is 4.74 Å². The van der Waals surface area contributed by atoms with Crippen LogP contribution in [0, 0.1) is 5.92 Å². The summed E-state index contributed by atoms with van der Waals surface area (Å²) in [6, 6.07) is 4.38. The number of fused-ring (bicyclic) bond motifs is 6. The van der Waals surface area contributed by atoms with Crippen molar-refractivity contribution in [3.05, 3.63) is 52.6 Å². The molecule has 4 atom stereocenters. The lowest BCUT2D eigenvalue weighted by molar-refractivity contribution is 0.0877. The Morgan fingerprint density at radius 3 is 2.55 bits per heavy atom. The van der Waals surface area contributed by atoms with E-state index in [2.05, 4.69) is 43.4 Å². The largest absolute Gasteiger partial charge is 0.388 e. The minimum atomic E-state index is -0.366. The van der Waals surface area contributed by atoms with Crippen LogP contribution in [-0.4, -0.2) is 5.11 Å². The van der Waals surface area contributed by atoms with E-state index in [9.17, 15) is 5.11 Å². The third kappa shape index (κ3) is 1.72. The molecule has 0 saturated heterocycles. The fraction of sp³-hybridized carbons (Fsp3) is 0.444. The number of aliphatic hydroxyl groups excluding tert-OH is 1. The molecule has 1 aromatic rings. The summed E-state index contributed by atoms with van der Waals surface area (Å²) in [6.45, 7) is 2.19. The van der Waals surface area contributed by atoms with E-state index >= 15 is 0 Å². The quantitative estimate of drug-likeness (QED) is 0.831. The molecule has 2 heterocycles. The predicted molar refractivity (Wildman–Crippen MR) is 79.2 cm³/mol. The minimum Gasteiger partial charge on any atom is -0.388 e. The second kappa shape index (κ2) is 4.57. The van der Waals surface area contributed by atoms with Gasteiger partial charge in [0.15, 0.2) is 0 Å². The van der Waals surface area contributed by atoms with Crippen LogP contribution in [0.15, 0.2) is 30.4 Å². The Balaban J connectivity index is 1.70. The van der Waals surface area contributed by atoms with Crippen molar-refractivity contribution < 1.29 is 9.84 Å². The van der Waals surface area contributed by atoms with Crippen molar-refractivity contribution in [2.24, 2.45) is 5.92 Å². The second-order valence-corrected chi connectivity index (χ2v) is 6.08. The first-order chi connectivity index (χ1) is 9.78. The molecule has 20 heavy (non-hydrogen) atoms. The summed E-state index contributed by atoms with van der Waals surface area (Å²) < 4.78 is 5.87. The minimum absolute atomic E-state index is 0.104. The van der Waals surface area contributed by atoms with E-state index in [1.54, 1.807) is 0 Å². The number of ether oxygens (including phenoxy) is 1. The molecule has 4 rings (SSSR count). The SMILES string of the molecule is CCCC[C@H]1C=Cc2cc3c(cc2[C@H]1O)[C@H]1C=C[C@@H]3O1. The molecule has 1 aromatic carbocycles. The first-order valence-electron chi connectivity index (χ1n) is 7.65. The highest BCUT2D eigenvalue weighted by Gasteiger charge is 2.36. The van der Waals surface area contributed by atoms with E-state index in [1.807, 2.05) is 0 Å². The van der Waals surface area contributed by atoms with Gasteiger partial charge in [-0.15, -0.1) is 0 Å². The van der Waals surface area contributed by atoms with E-state index in [-0.39, 0.29) is 24.2 Å². The monoisotopic (exact) mass is 268 g/mol. The molecule has 1 N–H and O–H groups in total. The lowest BCUT2D eigenvalue weighted by Gasteiger charge is -2.27. The van der Waals surface area contributed by atoms with Gasteiger partial charge < -0.3 is 9.84 Å². The zero-order chi connectivity index (χ0) is 13.7. The molecule has 0 fully saturated rings. The van der Waals surface area contributed by atoms with Crippen LogP contribution in [0.25, 0.3) is 6.08 Å². The normalized spacial score (nSPS) is 32.5. The van der Waals surface area contributed by atoms with Crippen molar-refractivity contribution in [1.29, 1.82) is 0 Å². The van der Waals surface area contributed by atoms with Crippen molar-refractivity contribution in [2.45, 2.75) is 44.5 Å². The maximum absolute atomic E-state index is 10.6. The summed E-state index contributed by atoms with van der Waals surface area (Å²) in [5.74, 6) is 0.260. The van der Waals surface area contributed by atoms with Crippen LogP contribution in [0.2, 0.25) is 0 Å². The Bertz CT molecular complexity index is 600. The molecule has 0 radical (unpaired) electrons. The third-order valence-corrected chi connectivity index (χ3v) is 4.79. The Labute approximate surface area is 119 Å². The second-order valence-electron chi connectivity index (χ2n) is 6.08. The Morgan fingerprint density at radius 2 is 1.80 bits per heavy atom. The van der Waals surface area contributed by atoms with Gasteiger partial charge in [-0.25, -0.2) is 0 Å². The number of benzene rings is 1. The fourth-order valence-corrected chi connectivity index (χ4v) is 3.62. The summed E-state index contributed by atoms with van der Waals surface area (Å²) in [4.78, 5) is 0. The molecule has 3 aliphatic rings. The highest BCUT2D eigenvalue weighted by atomic mass is 16.5. The molecule has 2 bridgehead atoms. The lowest BCUT2D eigenvalue weighted by atomic mass is 9.81. The number of hydrogen-bond donors (Lipinski definition) is 1. The molecule has 0 amide bonds. The molecule has 1 aliphatic carbocycles. The van der Waals surface area contributed by atoms with Crippen molar-refractivity contribution in [1.82, 2.24) is 0 Å². The number of unbranched alkanes of at least 4 members (excludes halogenated alkanes) is 1. The van der Waals surface area contributed by atoms with Crippen LogP contribution >= 0.6 is 0 Å². The van der Waals surface area contributed by atoms with Crippen LogP contribution in [0.5, 0.6) is 0 Å². The lowest BCUT2D eigenvalue weighted by Crippen LogP contribution is -2.16. The van der Waals surface area contributed by atoms with Crippen LogP contribution in [0.1, 0.15) is 66.8 Å². The van der Waals surface area contributed by atoms with E-state index in [0.717, 1.165) is 17.5 Å². The van der Waals surface area contributed by atoms with Crippen molar-refractivity contribution in [2.75, 3.05) is 0 Å². The van der Waals surface area contributed by atoms with E-state index in [1.165, 1.54) is 24.0 Å². The summed E-state index contributed by atoms with van der Waals surface area (Å²) >= 11 is 0. The molecule has 2 aliphatic heterocycles. The predicted octanol–water partition coefficient (Wildman–Crippen LogP) is 4.24. The molecule has 0 unspecified atom stereocenters. The van der Waals surface area contributed by atoms with Crippen LogP contribution in [0.3, 0.4) is 0 Å². The highest BCUT2D eigenvalue weighted by Crippen LogP contribution is 2.48. The van der Waals surface area contributed by atoms with Gasteiger partial charge in [0.05, 0.1) is 6.10 Å². The van der Waals surface area contributed by atoms with Gasteiger partial charge in [0.25, 0.3) is 0 Å². The molecule has 104 valence electrons. The van der Waals surface area contributed by atoms with Gasteiger partial charge in [0.1, 0.15) is 12.2 Å². The van der Waals surface area contributed by atoms with E-state index < -0.39 is 0 Å². The third-order valence-electron chi connectivity index (χ3n) is 4.79. The average molecular weight is 268 g/mol. The van der Waals surface area contributed by atoms with Crippen LogP contribution in [0.4, 0.5) is 0 Å². The smallest absolute Gasteiger partial charge is 0.102 e. The molecular formula is C18H20O2. The Kier molecular flexibility index (Phi) is 2.83. The molecule has 0 aromatic heterocycles. The zero-order valence-electron chi connectivity index (χ0n) is 11.8. The van der Waals surface area contributed by atoms with Crippen molar-refractivity contribution >= 4 is 6.08 Å². The average Bonchev–Trinajstić information content (AvgIpc) is 3.07. The Hall–Kier alpha value is -1.38. The summed E-state index contributed by atoms with van der Waals surface area (Å²) in [7, 11) is 0. The van der Waals surface area contributed by atoms with Gasteiger partial charge in [-0.1, -0.05) is 44.1 Å². The van der Waals surface area contributed by atoms with Crippen molar-refractivity contribution in [3.63, 3.8) is 0 Å². The first-order valence-corrected chi connectivity index (χ1v) is 7.65. The summed E-state index contributed by atoms with van der Waals surface area (Å²) in [5.41, 5.74) is 4.77. The van der Waals surface area contributed by atoms with Gasteiger partial charge >= 0.3 is 0 Å². The number of rotatable bonds is 3. The fourth-order valence-electron chi connectivity index (χ4n) is 3.62. The molecule has 0 saturated carbocycles. The summed E-state index contributed by atoms with van der Waals surface area (Å²) in [6.07, 6.45) is 11.9. The van der Waals surface area contributed by atoms with Gasteiger partial charge in [-0.3, -0.25) is 0 Å². The van der Waals surface area contributed by atoms with Crippen LogP contribution < -0.4 is 0 Å². The van der Waals surface area contributed by atoms with Gasteiger partial charge in [0, 0.05) is 5.92 Å². The molecule has 2 nitrogen and oxygen atoms in total. The van der Waals surface area contributed by atoms with Gasteiger partial charge in [-0.05, 0) is 40.8 Å². The first kappa shape index (κ1) is 12.4. The van der Waals surface area contributed by atoms with Crippen molar-refractivity contribution in [3.8, 4) is 0 Å². The van der Waals surface area contributed by atoms with Gasteiger partial charge in [0.2, 0.25) is 0 Å². The van der Waals surface area contributed by atoms with E-state index in [0.29, 0.717) is 0 Å². The molecule has 2 heteroatoms. The number of hydrogen-bond acceptors (Lipinski definition) is 2. The maximum Gasteiger partial charge on any atom is 0.102 e. The number of aliphatic hydroxyl groups is 1. The standard InChI is InChI=1S/C18H20O2/c1-2-3-4-11-5-6-12-9-14-15(10-13(12)18(11)19)17-8-7-16(14)20-17/h5-11,16-19H,2-4H2,1H3/t11-,16-,17+,18-/m0/s1.